The summed E-state index contributed by atoms with van der Waals surface area (Å²) in [5.41, 5.74) is 1.87. The zero-order chi connectivity index (χ0) is 24.4. The van der Waals surface area contributed by atoms with E-state index in [1.165, 1.54) is 30.3 Å². The molecule has 2 amide bonds. The summed E-state index contributed by atoms with van der Waals surface area (Å²) in [6, 6.07) is 13.8. The monoisotopic (exact) mass is 555 g/mol. The molecule has 1 heterocycles. The number of hydrogen-bond acceptors (Lipinski definition) is 4. The number of halogens is 5. The van der Waals surface area contributed by atoms with Crippen molar-refractivity contribution in [2.75, 3.05) is 0 Å². The van der Waals surface area contributed by atoms with Crippen LogP contribution in [0.4, 0.5) is 9.18 Å². The zero-order valence-corrected chi connectivity index (χ0v) is 21.0. The summed E-state index contributed by atoms with van der Waals surface area (Å²) in [5.74, 6) is -0.588. The highest BCUT2D eigenvalue weighted by atomic mass is 35.5. The van der Waals surface area contributed by atoms with E-state index in [4.69, 9.17) is 51.1 Å². The second-order valence-corrected chi connectivity index (χ2v) is 9.88. The number of carbonyl (C=O) groups is 2. The smallest absolute Gasteiger partial charge is 0.293 e. The molecule has 1 aliphatic heterocycles. The third kappa shape index (κ3) is 5.70. The predicted octanol–water partition coefficient (Wildman–Crippen LogP) is 8.25. The van der Waals surface area contributed by atoms with E-state index in [-0.39, 0.29) is 33.9 Å². The summed E-state index contributed by atoms with van der Waals surface area (Å²) < 4.78 is 18.9. The predicted molar refractivity (Wildman–Crippen MR) is 135 cm³/mol. The molecule has 0 unspecified atom stereocenters. The van der Waals surface area contributed by atoms with Crippen LogP contribution in [0.3, 0.4) is 0 Å². The molecule has 0 saturated carbocycles. The molecule has 0 radical (unpaired) electrons. The summed E-state index contributed by atoms with van der Waals surface area (Å²) in [6.45, 7) is 0.168. The first-order valence-corrected chi connectivity index (χ1v) is 12.1. The van der Waals surface area contributed by atoms with Gasteiger partial charge in [0, 0.05) is 15.6 Å². The molecule has 0 atom stereocenters. The number of thioether (sulfide) groups is 1. The van der Waals surface area contributed by atoms with Gasteiger partial charge in [0.25, 0.3) is 11.1 Å². The van der Waals surface area contributed by atoms with Crippen molar-refractivity contribution >= 4 is 75.4 Å². The lowest BCUT2D eigenvalue weighted by Crippen LogP contribution is -2.27. The molecule has 0 N–H and O–H groups in total. The molecule has 1 saturated heterocycles. The highest BCUT2D eigenvalue weighted by Crippen LogP contribution is 2.38. The lowest BCUT2D eigenvalue weighted by atomic mass is 10.2. The number of ether oxygens (including phenoxy) is 1. The van der Waals surface area contributed by atoms with E-state index in [9.17, 15) is 14.0 Å². The Morgan fingerprint density at radius 2 is 1.59 bits per heavy atom. The Morgan fingerprint density at radius 3 is 2.24 bits per heavy atom. The van der Waals surface area contributed by atoms with Crippen molar-refractivity contribution < 1.29 is 18.7 Å². The number of rotatable bonds is 6. The summed E-state index contributed by atoms with van der Waals surface area (Å²) >= 11 is 25.6. The molecule has 1 aliphatic rings. The Morgan fingerprint density at radius 1 is 0.912 bits per heavy atom. The van der Waals surface area contributed by atoms with E-state index >= 15 is 0 Å². The largest absolute Gasteiger partial charge is 0.486 e. The van der Waals surface area contributed by atoms with Crippen LogP contribution in [0.15, 0.2) is 59.5 Å². The minimum absolute atomic E-state index is 0.0455. The minimum atomic E-state index is -0.454. The average Bonchev–Trinajstić information content (AvgIpc) is 3.03. The summed E-state index contributed by atoms with van der Waals surface area (Å²) in [6.07, 6.45) is 1.53. The van der Waals surface area contributed by atoms with Crippen LogP contribution >= 0.6 is 58.2 Å². The zero-order valence-electron chi connectivity index (χ0n) is 17.2. The Hall–Kier alpha value is -2.22. The molecule has 3 aromatic carbocycles. The molecule has 0 aromatic heterocycles. The molecule has 1 fully saturated rings. The van der Waals surface area contributed by atoms with Gasteiger partial charge in [0.1, 0.15) is 12.4 Å². The Kier molecular flexibility index (Phi) is 7.75. The van der Waals surface area contributed by atoms with Crippen LogP contribution in [-0.2, 0) is 17.9 Å². The van der Waals surface area contributed by atoms with Crippen LogP contribution in [0.25, 0.3) is 6.08 Å². The molecule has 4 nitrogen and oxygen atoms in total. The van der Waals surface area contributed by atoms with Crippen molar-refractivity contribution in [2.24, 2.45) is 0 Å². The molecule has 4 rings (SSSR count). The average molecular weight is 557 g/mol. The van der Waals surface area contributed by atoms with Gasteiger partial charge in [-0.25, -0.2) is 4.39 Å². The second kappa shape index (κ2) is 10.6. The fraction of sp³-hybridized carbons (Fsp3) is 0.0833. The standard InChI is InChI=1S/C24H14Cl4FNO3S/c25-16-4-3-15(18(26)10-16)12-33-22-19(27)7-14(8-20(22)28)9-21-23(31)30(24(32)34-21)11-13-1-5-17(29)6-2-13/h1-10H,11-12H2/b21-9-. The number of imide groups is 1. The van der Waals surface area contributed by atoms with E-state index in [2.05, 4.69) is 0 Å². The molecule has 10 heteroatoms. The first-order valence-electron chi connectivity index (χ1n) is 9.77. The summed E-state index contributed by atoms with van der Waals surface area (Å²) in [5, 5.41) is 1.00. The molecule has 174 valence electrons. The maximum atomic E-state index is 13.1. The SMILES string of the molecule is O=C1S/C(=C\c2cc(Cl)c(OCc3ccc(Cl)cc3Cl)c(Cl)c2)C(=O)N1Cc1ccc(F)cc1. The van der Waals surface area contributed by atoms with Gasteiger partial charge in [-0.15, -0.1) is 0 Å². The summed E-state index contributed by atoms with van der Waals surface area (Å²) in [7, 11) is 0. The molecule has 3 aromatic rings. The van der Waals surface area contributed by atoms with Crippen LogP contribution in [-0.4, -0.2) is 16.0 Å². The number of amides is 2. The van der Waals surface area contributed by atoms with Crippen molar-refractivity contribution in [1.82, 2.24) is 4.90 Å². The van der Waals surface area contributed by atoms with Gasteiger partial charge in [0.15, 0.2) is 5.75 Å². The van der Waals surface area contributed by atoms with E-state index in [0.29, 0.717) is 26.7 Å². The lowest BCUT2D eigenvalue weighted by Gasteiger charge is -2.13. The van der Waals surface area contributed by atoms with Crippen LogP contribution in [0, 0.1) is 5.82 Å². The first-order chi connectivity index (χ1) is 16.2. The van der Waals surface area contributed by atoms with Gasteiger partial charge in [-0.05, 0) is 65.4 Å². The highest BCUT2D eigenvalue weighted by molar-refractivity contribution is 8.18. The minimum Gasteiger partial charge on any atom is -0.486 e. The van der Waals surface area contributed by atoms with Crippen molar-refractivity contribution in [3.8, 4) is 5.75 Å². The van der Waals surface area contributed by atoms with Crippen LogP contribution in [0.2, 0.25) is 20.1 Å². The van der Waals surface area contributed by atoms with Crippen molar-refractivity contribution in [3.05, 3.63) is 102 Å². The van der Waals surface area contributed by atoms with Gasteiger partial charge in [0.2, 0.25) is 0 Å². The number of carbonyl (C=O) groups excluding carboxylic acids is 2. The van der Waals surface area contributed by atoms with E-state index in [1.54, 1.807) is 30.3 Å². The first kappa shape index (κ1) is 24.9. The number of nitrogens with zero attached hydrogens (tertiary/aromatic N) is 1. The third-order valence-corrected chi connectivity index (χ3v) is 6.89. The van der Waals surface area contributed by atoms with Gasteiger partial charge in [-0.2, -0.15) is 0 Å². The van der Waals surface area contributed by atoms with Gasteiger partial charge < -0.3 is 4.74 Å². The maximum absolute atomic E-state index is 13.1. The summed E-state index contributed by atoms with van der Waals surface area (Å²) in [4.78, 5) is 26.5. The molecule has 0 spiro atoms. The fourth-order valence-corrected chi connectivity index (χ4v) is 5.06. The third-order valence-electron chi connectivity index (χ3n) is 4.83. The number of benzene rings is 3. The van der Waals surface area contributed by atoms with E-state index in [0.717, 1.165) is 16.7 Å². The van der Waals surface area contributed by atoms with Gasteiger partial charge in [-0.3, -0.25) is 14.5 Å². The Bertz CT molecular complexity index is 1290. The van der Waals surface area contributed by atoms with Crippen molar-refractivity contribution in [3.63, 3.8) is 0 Å². The maximum Gasteiger partial charge on any atom is 0.293 e. The second-order valence-electron chi connectivity index (χ2n) is 7.23. The van der Waals surface area contributed by atoms with Gasteiger partial charge in [0.05, 0.1) is 21.5 Å². The normalized spacial score (nSPS) is 14.9. The van der Waals surface area contributed by atoms with Gasteiger partial charge >= 0.3 is 0 Å². The molecular weight excluding hydrogens is 543 g/mol. The van der Waals surface area contributed by atoms with Crippen LogP contribution in [0.5, 0.6) is 5.75 Å². The Labute approximate surface area is 219 Å². The topological polar surface area (TPSA) is 46.6 Å². The van der Waals surface area contributed by atoms with Crippen LogP contribution < -0.4 is 4.74 Å². The highest BCUT2D eigenvalue weighted by Gasteiger charge is 2.35. The van der Waals surface area contributed by atoms with Crippen LogP contribution in [0.1, 0.15) is 16.7 Å². The van der Waals surface area contributed by atoms with E-state index in [1.807, 2.05) is 0 Å². The van der Waals surface area contributed by atoms with Crippen molar-refractivity contribution in [1.29, 1.82) is 0 Å². The quantitative estimate of drug-likeness (QED) is 0.287. The fourth-order valence-electron chi connectivity index (χ4n) is 3.15. The lowest BCUT2D eigenvalue weighted by molar-refractivity contribution is -0.123. The Balaban J connectivity index is 1.50. The van der Waals surface area contributed by atoms with Gasteiger partial charge in [-0.1, -0.05) is 64.6 Å². The van der Waals surface area contributed by atoms with E-state index < -0.39 is 17.0 Å². The number of hydrogen-bond donors (Lipinski definition) is 0. The molecule has 0 aliphatic carbocycles. The molecular formula is C24H14Cl4FNO3S. The molecule has 34 heavy (non-hydrogen) atoms. The van der Waals surface area contributed by atoms with Crippen molar-refractivity contribution in [2.45, 2.75) is 13.2 Å². The molecule has 0 bridgehead atoms.